The fourth-order valence-electron chi connectivity index (χ4n) is 4.86. The zero-order valence-corrected chi connectivity index (χ0v) is 21.9. The van der Waals surface area contributed by atoms with Crippen molar-refractivity contribution in [1.29, 1.82) is 0 Å². The van der Waals surface area contributed by atoms with Crippen LogP contribution in [0.3, 0.4) is 0 Å². The van der Waals surface area contributed by atoms with Crippen LogP contribution in [0.15, 0.2) is 42.5 Å². The van der Waals surface area contributed by atoms with Gasteiger partial charge in [-0.15, -0.1) is 0 Å². The van der Waals surface area contributed by atoms with Gasteiger partial charge in [-0.05, 0) is 86.8 Å². The molecule has 8 heteroatoms. The van der Waals surface area contributed by atoms with Gasteiger partial charge in [-0.3, -0.25) is 0 Å². The van der Waals surface area contributed by atoms with Crippen LogP contribution in [-0.2, 0) is 6.42 Å². The first-order chi connectivity index (χ1) is 18.8. The van der Waals surface area contributed by atoms with Crippen molar-refractivity contribution < 1.29 is 35.8 Å². The molecular weight excluding hydrogens is 518 g/mol. The minimum atomic E-state index is -1.31. The Labute approximate surface area is 224 Å². The van der Waals surface area contributed by atoms with E-state index in [0.717, 1.165) is 6.07 Å². The first kappa shape index (κ1) is 28.6. The Kier molecular flexibility index (Phi) is 9.25. The van der Waals surface area contributed by atoms with Crippen molar-refractivity contribution in [1.82, 2.24) is 0 Å². The van der Waals surface area contributed by atoms with Gasteiger partial charge >= 0.3 is 0 Å². The smallest absolute Gasteiger partial charge is 0.201 e. The summed E-state index contributed by atoms with van der Waals surface area (Å²) in [5, 5.41) is 0. The molecule has 2 nitrogen and oxygen atoms in total. The van der Waals surface area contributed by atoms with Crippen LogP contribution >= 0.6 is 0 Å². The second-order valence-electron chi connectivity index (χ2n) is 9.57. The topological polar surface area (TPSA) is 18.5 Å². The van der Waals surface area contributed by atoms with Crippen molar-refractivity contribution in [3.05, 3.63) is 88.5 Å². The summed E-state index contributed by atoms with van der Waals surface area (Å²) in [4.78, 5) is 0. The highest BCUT2D eigenvalue weighted by atomic mass is 19.2. The lowest BCUT2D eigenvalue weighted by Crippen LogP contribution is -2.09. The van der Waals surface area contributed by atoms with E-state index in [0.29, 0.717) is 44.3 Å². The van der Waals surface area contributed by atoms with Gasteiger partial charge < -0.3 is 9.47 Å². The van der Waals surface area contributed by atoms with Crippen LogP contribution in [0.5, 0.6) is 11.5 Å². The predicted molar refractivity (Wildman–Crippen MR) is 139 cm³/mol. The second-order valence-corrected chi connectivity index (χ2v) is 9.57. The van der Waals surface area contributed by atoms with E-state index in [9.17, 15) is 26.3 Å². The van der Waals surface area contributed by atoms with E-state index in [2.05, 4.69) is 0 Å². The predicted octanol–water partition coefficient (Wildman–Crippen LogP) is 9.19. The molecule has 1 atom stereocenters. The highest BCUT2D eigenvalue weighted by Gasteiger charge is 2.24. The molecule has 3 aromatic rings. The largest absolute Gasteiger partial charge is 0.491 e. The molecule has 0 saturated carbocycles. The van der Waals surface area contributed by atoms with Crippen molar-refractivity contribution in [2.75, 3.05) is 13.2 Å². The fourth-order valence-corrected chi connectivity index (χ4v) is 4.86. The van der Waals surface area contributed by atoms with E-state index < -0.39 is 40.5 Å². The van der Waals surface area contributed by atoms with E-state index in [1.165, 1.54) is 30.3 Å². The molecule has 208 valence electrons. The van der Waals surface area contributed by atoms with Gasteiger partial charge in [0.2, 0.25) is 11.6 Å². The third-order valence-corrected chi connectivity index (χ3v) is 7.00. The zero-order chi connectivity index (χ0) is 28.1. The van der Waals surface area contributed by atoms with Crippen LogP contribution in [0.1, 0.15) is 57.1 Å². The molecule has 0 saturated heterocycles. The summed E-state index contributed by atoms with van der Waals surface area (Å²) in [6.45, 7) is 3.91. The Bertz CT molecular complexity index is 1370. The summed E-state index contributed by atoms with van der Waals surface area (Å²) in [5.41, 5.74) is 0.278. The third kappa shape index (κ3) is 6.10. The Morgan fingerprint density at radius 3 is 1.90 bits per heavy atom. The van der Waals surface area contributed by atoms with Gasteiger partial charge in [0, 0.05) is 16.7 Å². The van der Waals surface area contributed by atoms with Crippen molar-refractivity contribution in [3.63, 3.8) is 0 Å². The van der Waals surface area contributed by atoms with Gasteiger partial charge in [-0.25, -0.2) is 17.6 Å². The molecule has 3 aromatic carbocycles. The van der Waals surface area contributed by atoms with Crippen molar-refractivity contribution >= 4 is 5.57 Å². The standard InChI is InChI=1S/C31H30F6O2/c1-3-17-39-25-15-13-21(27(33)31(25)37)19-8-5-18(6-9-19)7-10-20-11-12-22(28(34)26(20)32)23-14-16-24(38-4-2)30(36)29(23)35/h8,11-16,18H,3-7,9-10,17H2,1-2H3. The second kappa shape index (κ2) is 12.6. The van der Waals surface area contributed by atoms with E-state index in [4.69, 9.17) is 9.47 Å². The molecule has 1 unspecified atom stereocenters. The lowest BCUT2D eigenvalue weighted by atomic mass is 9.83. The minimum Gasteiger partial charge on any atom is -0.491 e. The Balaban J connectivity index is 1.43. The number of aryl methyl sites for hydroxylation is 1. The summed E-state index contributed by atoms with van der Waals surface area (Å²) in [6.07, 6.45) is 5.12. The molecule has 0 N–H and O–H groups in total. The van der Waals surface area contributed by atoms with Gasteiger partial charge in [-0.1, -0.05) is 25.1 Å². The molecule has 0 spiro atoms. The van der Waals surface area contributed by atoms with Gasteiger partial charge in [-0.2, -0.15) is 8.78 Å². The van der Waals surface area contributed by atoms with Crippen LogP contribution in [-0.4, -0.2) is 13.2 Å². The highest BCUT2D eigenvalue weighted by molar-refractivity contribution is 5.68. The van der Waals surface area contributed by atoms with Crippen LogP contribution in [0.2, 0.25) is 0 Å². The molecule has 0 bridgehead atoms. The molecule has 1 aliphatic rings. The van der Waals surface area contributed by atoms with Gasteiger partial charge in [0.1, 0.15) is 0 Å². The van der Waals surface area contributed by atoms with Crippen molar-refractivity contribution in [2.45, 2.75) is 52.4 Å². The Hall–Kier alpha value is -3.42. The zero-order valence-electron chi connectivity index (χ0n) is 21.9. The molecule has 0 aliphatic heterocycles. The normalized spacial score (nSPS) is 15.3. The van der Waals surface area contributed by atoms with Gasteiger partial charge in [0.25, 0.3) is 0 Å². The molecule has 0 fully saturated rings. The molecule has 39 heavy (non-hydrogen) atoms. The number of benzene rings is 3. The van der Waals surface area contributed by atoms with Crippen molar-refractivity contribution in [2.24, 2.45) is 5.92 Å². The van der Waals surface area contributed by atoms with Crippen LogP contribution in [0.4, 0.5) is 26.3 Å². The monoisotopic (exact) mass is 548 g/mol. The first-order valence-electron chi connectivity index (χ1n) is 13.1. The lowest BCUT2D eigenvalue weighted by molar-refractivity contribution is 0.295. The molecule has 0 radical (unpaired) electrons. The summed E-state index contributed by atoms with van der Waals surface area (Å²) >= 11 is 0. The molecule has 4 rings (SSSR count). The summed E-state index contributed by atoms with van der Waals surface area (Å²) in [6, 6.07) is 7.93. The summed E-state index contributed by atoms with van der Waals surface area (Å²) in [7, 11) is 0. The highest BCUT2D eigenvalue weighted by Crippen LogP contribution is 2.37. The molecule has 0 amide bonds. The number of hydrogen-bond donors (Lipinski definition) is 0. The van der Waals surface area contributed by atoms with Crippen LogP contribution < -0.4 is 9.47 Å². The average molecular weight is 549 g/mol. The summed E-state index contributed by atoms with van der Waals surface area (Å²) < 4.78 is 97.9. The van der Waals surface area contributed by atoms with Crippen LogP contribution in [0.25, 0.3) is 16.7 Å². The maximum Gasteiger partial charge on any atom is 0.201 e. The number of allylic oxidation sites excluding steroid dienone is 2. The molecule has 0 aromatic heterocycles. The molecule has 0 heterocycles. The fraction of sp³-hybridized carbons (Fsp3) is 0.355. The lowest BCUT2D eigenvalue weighted by Gasteiger charge is -2.23. The van der Waals surface area contributed by atoms with E-state index >= 15 is 0 Å². The average Bonchev–Trinajstić information content (AvgIpc) is 2.94. The Morgan fingerprint density at radius 2 is 1.28 bits per heavy atom. The Morgan fingerprint density at radius 1 is 0.692 bits per heavy atom. The third-order valence-electron chi connectivity index (χ3n) is 7.00. The molecular formula is C31H30F6O2. The number of ether oxygens (including phenoxy) is 2. The number of hydrogen-bond acceptors (Lipinski definition) is 2. The number of halogens is 6. The van der Waals surface area contributed by atoms with E-state index in [-0.39, 0.29) is 47.1 Å². The van der Waals surface area contributed by atoms with Crippen molar-refractivity contribution in [3.8, 4) is 22.6 Å². The van der Waals surface area contributed by atoms with Crippen LogP contribution in [0, 0.1) is 40.8 Å². The first-order valence-corrected chi connectivity index (χ1v) is 13.1. The van der Waals surface area contributed by atoms with E-state index in [1.54, 1.807) is 6.92 Å². The number of rotatable bonds is 10. The molecule has 1 aliphatic carbocycles. The maximum absolute atomic E-state index is 14.9. The SMILES string of the molecule is CCCOc1ccc(C2=CCC(CCc3ccc(-c4ccc(OCC)c(F)c4F)c(F)c3F)CC2)c(F)c1F. The summed E-state index contributed by atoms with van der Waals surface area (Å²) in [5.74, 6) is -7.11. The van der Waals surface area contributed by atoms with Gasteiger partial charge in [0.15, 0.2) is 34.8 Å². The maximum atomic E-state index is 14.9. The van der Waals surface area contributed by atoms with E-state index in [1.807, 2.05) is 13.0 Å². The minimum absolute atomic E-state index is 0.108. The quantitative estimate of drug-likeness (QED) is 0.235. The van der Waals surface area contributed by atoms with Gasteiger partial charge in [0.05, 0.1) is 13.2 Å².